The highest BCUT2D eigenvalue weighted by Gasteiger charge is 2.26. The van der Waals surface area contributed by atoms with E-state index >= 15 is 0 Å². The molecule has 1 aromatic rings. The largest absolute Gasteiger partial charge is 0.352 e. The maximum Gasteiger partial charge on any atom is 0.237 e. The zero-order chi connectivity index (χ0) is 13.1. The van der Waals surface area contributed by atoms with Gasteiger partial charge in [-0.25, -0.2) is 0 Å². The number of benzene rings is 1. The van der Waals surface area contributed by atoms with Crippen molar-refractivity contribution in [2.45, 2.75) is 51.7 Å². The summed E-state index contributed by atoms with van der Waals surface area (Å²) in [4.78, 5) is 11.8. The fraction of sp³-hybridized carbons (Fsp3) is 0.533. The predicted molar refractivity (Wildman–Crippen MR) is 73.4 cm³/mol. The number of rotatable bonds is 5. The van der Waals surface area contributed by atoms with E-state index in [0.29, 0.717) is 6.04 Å². The first-order valence-corrected chi connectivity index (χ1v) is 6.69. The molecule has 0 bridgehead atoms. The molecule has 3 heteroatoms. The number of amides is 1. The summed E-state index contributed by atoms with van der Waals surface area (Å²) in [6.45, 7) is 6.08. The van der Waals surface area contributed by atoms with Crippen LogP contribution in [0.15, 0.2) is 24.3 Å². The van der Waals surface area contributed by atoms with Crippen molar-refractivity contribution >= 4 is 5.91 Å². The molecule has 2 rings (SSSR count). The molecule has 0 spiro atoms. The second kappa shape index (κ2) is 5.53. The minimum Gasteiger partial charge on any atom is -0.352 e. The SMILES string of the molecule is Cc1ccc([C@H](C)NC(C)C(=O)NC2CC2)cc1. The molecule has 1 unspecified atom stereocenters. The zero-order valence-corrected chi connectivity index (χ0v) is 11.4. The van der Waals surface area contributed by atoms with Crippen molar-refractivity contribution in [3.63, 3.8) is 0 Å². The van der Waals surface area contributed by atoms with Gasteiger partial charge in [0.25, 0.3) is 0 Å². The topological polar surface area (TPSA) is 41.1 Å². The molecule has 18 heavy (non-hydrogen) atoms. The van der Waals surface area contributed by atoms with Gasteiger partial charge in [0.2, 0.25) is 5.91 Å². The summed E-state index contributed by atoms with van der Waals surface area (Å²) in [5.74, 6) is 0.108. The van der Waals surface area contributed by atoms with Crippen LogP contribution in [0.2, 0.25) is 0 Å². The second-order valence-corrected chi connectivity index (χ2v) is 5.30. The first-order valence-electron chi connectivity index (χ1n) is 6.69. The Bertz CT molecular complexity index is 409. The highest BCUT2D eigenvalue weighted by atomic mass is 16.2. The lowest BCUT2D eigenvalue weighted by molar-refractivity contribution is -0.123. The molecule has 1 fully saturated rings. The molecular weight excluding hydrogens is 224 g/mol. The van der Waals surface area contributed by atoms with Gasteiger partial charge in [0.05, 0.1) is 6.04 Å². The molecule has 2 atom stereocenters. The van der Waals surface area contributed by atoms with Crippen LogP contribution in [0.4, 0.5) is 0 Å². The van der Waals surface area contributed by atoms with Crippen molar-refractivity contribution in [3.8, 4) is 0 Å². The predicted octanol–water partition coefficient (Wildman–Crippen LogP) is 2.31. The number of hydrogen-bond donors (Lipinski definition) is 2. The van der Waals surface area contributed by atoms with Gasteiger partial charge >= 0.3 is 0 Å². The van der Waals surface area contributed by atoms with Crippen LogP contribution in [-0.2, 0) is 4.79 Å². The lowest BCUT2D eigenvalue weighted by Gasteiger charge is -2.20. The highest BCUT2D eigenvalue weighted by Crippen LogP contribution is 2.19. The molecule has 1 aromatic carbocycles. The van der Waals surface area contributed by atoms with Crippen molar-refractivity contribution in [1.82, 2.24) is 10.6 Å². The average Bonchev–Trinajstić information content (AvgIpc) is 3.13. The zero-order valence-electron chi connectivity index (χ0n) is 11.4. The summed E-state index contributed by atoms with van der Waals surface area (Å²) in [5, 5.41) is 6.35. The van der Waals surface area contributed by atoms with Gasteiger partial charge in [0, 0.05) is 12.1 Å². The third-order valence-electron chi connectivity index (χ3n) is 3.39. The summed E-state index contributed by atoms with van der Waals surface area (Å²) in [6, 6.07) is 8.88. The Labute approximate surface area is 109 Å². The number of carbonyl (C=O) groups excluding carboxylic acids is 1. The van der Waals surface area contributed by atoms with Gasteiger partial charge in [-0.2, -0.15) is 0 Å². The van der Waals surface area contributed by atoms with Gasteiger partial charge in [-0.1, -0.05) is 29.8 Å². The maximum absolute atomic E-state index is 11.8. The Balaban J connectivity index is 1.87. The van der Waals surface area contributed by atoms with E-state index in [1.165, 1.54) is 11.1 Å². The van der Waals surface area contributed by atoms with Crippen molar-refractivity contribution in [3.05, 3.63) is 35.4 Å². The normalized spacial score (nSPS) is 18.2. The standard InChI is InChI=1S/C15H22N2O/c1-10-4-6-13(7-5-10)11(2)16-12(3)15(18)17-14-8-9-14/h4-7,11-12,14,16H,8-9H2,1-3H3,(H,17,18)/t11-,12?/m0/s1. The van der Waals surface area contributed by atoms with E-state index in [-0.39, 0.29) is 18.0 Å². The number of aryl methyl sites for hydroxylation is 1. The number of nitrogens with one attached hydrogen (secondary N) is 2. The van der Waals surface area contributed by atoms with E-state index in [9.17, 15) is 4.79 Å². The quantitative estimate of drug-likeness (QED) is 0.837. The van der Waals surface area contributed by atoms with E-state index in [1.54, 1.807) is 0 Å². The van der Waals surface area contributed by atoms with Gasteiger partial charge in [0.15, 0.2) is 0 Å². The fourth-order valence-electron chi connectivity index (χ4n) is 1.96. The monoisotopic (exact) mass is 246 g/mol. The molecule has 0 radical (unpaired) electrons. The molecule has 0 saturated heterocycles. The van der Waals surface area contributed by atoms with Gasteiger partial charge in [-0.3, -0.25) is 10.1 Å². The van der Waals surface area contributed by atoms with Gasteiger partial charge in [-0.15, -0.1) is 0 Å². The molecule has 0 aromatic heterocycles. The van der Waals surface area contributed by atoms with Crippen LogP contribution in [-0.4, -0.2) is 18.0 Å². The first-order chi connectivity index (χ1) is 8.56. The smallest absolute Gasteiger partial charge is 0.237 e. The summed E-state index contributed by atoms with van der Waals surface area (Å²) >= 11 is 0. The van der Waals surface area contributed by atoms with Gasteiger partial charge in [-0.05, 0) is 39.2 Å². The molecule has 1 amide bonds. The second-order valence-electron chi connectivity index (χ2n) is 5.30. The molecule has 2 N–H and O–H groups in total. The number of hydrogen-bond acceptors (Lipinski definition) is 2. The molecule has 98 valence electrons. The lowest BCUT2D eigenvalue weighted by Crippen LogP contribution is -2.43. The van der Waals surface area contributed by atoms with Crippen LogP contribution in [0.1, 0.15) is 43.9 Å². The Hall–Kier alpha value is -1.35. The van der Waals surface area contributed by atoms with Crippen molar-refractivity contribution < 1.29 is 4.79 Å². The van der Waals surface area contributed by atoms with Crippen LogP contribution in [0.5, 0.6) is 0 Å². The minimum atomic E-state index is -0.151. The highest BCUT2D eigenvalue weighted by molar-refractivity contribution is 5.81. The van der Waals surface area contributed by atoms with Crippen molar-refractivity contribution in [2.24, 2.45) is 0 Å². The third kappa shape index (κ3) is 3.57. The molecule has 1 aliphatic carbocycles. The number of carbonyl (C=O) groups is 1. The lowest BCUT2D eigenvalue weighted by atomic mass is 10.1. The van der Waals surface area contributed by atoms with Crippen LogP contribution in [0.25, 0.3) is 0 Å². The molecule has 1 aliphatic rings. The van der Waals surface area contributed by atoms with Crippen molar-refractivity contribution in [2.75, 3.05) is 0 Å². The summed E-state index contributed by atoms with van der Waals surface area (Å²) in [5.41, 5.74) is 2.47. The van der Waals surface area contributed by atoms with Gasteiger partial charge < -0.3 is 5.32 Å². The fourth-order valence-corrected chi connectivity index (χ4v) is 1.96. The molecule has 1 saturated carbocycles. The van der Waals surface area contributed by atoms with Gasteiger partial charge in [0.1, 0.15) is 0 Å². The maximum atomic E-state index is 11.8. The Kier molecular flexibility index (Phi) is 4.02. The van der Waals surface area contributed by atoms with Crippen LogP contribution < -0.4 is 10.6 Å². The summed E-state index contributed by atoms with van der Waals surface area (Å²) < 4.78 is 0. The van der Waals surface area contributed by atoms with Crippen LogP contribution in [0, 0.1) is 6.92 Å². The van der Waals surface area contributed by atoms with E-state index in [4.69, 9.17) is 0 Å². The third-order valence-corrected chi connectivity index (χ3v) is 3.39. The molecular formula is C15H22N2O. The Morgan fingerprint density at radius 1 is 1.22 bits per heavy atom. The first kappa shape index (κ1) is 13.1. The van der Waals surface area contributed by atoms with Crippen molar-refractivity contribution in [1.29, 1.82) is 0 Å². The Morgan fingerprint density at radius 2 is 1.83 bits per heavy atom. The Morgan fingerprint density at radius 3 is 2.39 bits per heavy atom. The van der Waals surface area contributed by atoms with Crippen LogP contribution >= 0.6 is 0 Å². The average molecular weight is 246 g/mol. The molecule has 0 heterocycles. The van der Waals surface area contributed by atoms with E-state index in [0.717, 1.165) is 12.8 Å². The molecule has 0 aliphatic heterocycles. The summed E-state index contributed by atoms with van der Waals surface area (Å²) in [6.07, 6.45) is 2.26. The molecule has 3 nitrogen and oxygen atoms in total. The van der Waals surface area contributed by atoms with E-state index in [2.05, 4.69) is 48.7 Å². The van der Waals surface area contributed by atoms with E-state index in [1.807, 2.05) is 6.92 Å². The van der Waals surface area contributed by atoms with E-state index < -0.39 is 0 Å². The summed E-state index contributed by atoms with van der Waals surface area (Å²) in [7, 11) is 0. The van der Waals surface area contributed by atoms with Crippen LogP contribution in [0.3, 0.4) is 0 Å². The minimum absolute atomic E-state index is 0.108.